The molecule has 1 fully saturated rings. The fraction of sp³-hybridized carbons (Fsp3) is 0.423. The molecule has 210 valence electrons. The lowest BCUT2D eigenvalue weighted by Crippen LogP contribution is -2.44. The Morgan fingerprint density at radius 2 is 1.50 bits per heavy atom. The van der Waals surface area contributed by atoms with Crippen LogP contribution < -0.4 is 0 Å². The molecule has 0 saturated carbocycles. The minimum Gasteiger partial charge on any atom is -0.376 e. The van der Waals surface area contributed by atoms with Gasteiger partial charge in [-0.1, -0.05) is 30.3 Å². The van der Waals surface area contributed by atoms with E-state index in [1.807, 2.05) is 43.5 Å². The van der Waals surface area contributed by atoms with E-state index in [4.69, 9.17) is 4.74 Å². The van der Waals surface area contributed by atoms with Crippen molar-refractivity contribution in [3.05, 3.63) is 86.9 Å². The van der Waals surface area contributed by atoms with Gasteiger partial charge in [0.15, 0.2) is 0 Å². The normalized spacial score (nSPS) is 16.0. The highest BCUT2D eigenvalue weighted by Gasteiger charge is 2.38. The molecule has 4 rings (SSSR count). The summed E-state index contributed by atoms with van der Waals surface area (Å²) in [4.78, 5) is 7.81. The van der Waals surface area contributed by atoms with Crippen LogP contribution in [0.3, 0.4) is 0 Å². The lowest BCUT2D eigenvalue weighted by molar-refractivity contribution is -0.143. The van der Waals surface area contributed by atoms with Crippen molar-refractivity contribution in [1.29, 1.82) is 0 Å². The van der Waals surface area contributed by atoms with E-state index in [0.717, 1.165) is 55.2 Å². The lowest BCUT2D eigenvalue weighted by atomic mass is 9.73. The summed E-state index contributed by atoms with van der Waals surface area (Å²) in [5.74, 6) is 0. The minimum atomic E-state index is -4.88. The Bertz CT molecular complexity index is 1130. The molecule has 0 bridgehead atoms. The summed E-state index contributed by atoms with van der Waals surface area (Å²) < 4.78 is 85.1. The van der Waals surface area contributed by atoms with Gasteiger partial charge in [-0.15, -0.1) is 36.2 Å². The molecule has 0 unspecified atom stereocenters. The van der Waals surface area contributed by atoms with Crippen molar-refractivity contribution < 1.29 is 31.1 Å². The van der Waals surface area contributed by atoms with Gasteiger partial charge in [0.05, 0.1) is 29.3 Å². The maximum absolute atomic E-state index is 13.2. The van der Waals surface area contributed by atoms with E-state index in [-0.39, 0.29) is 55.1 Å². The number of halogens is 8. The monoisotopic (exact) mass is 600 g/mol. The van der Waals surface area contributed by atoms with Crippen LogP contribution in [0.5, 0.6) is 0 Å². The van der Waals surface area contributed by atoms with E-state index in [2.05, 4.69) is 9.88 Å². The maximum Gasteiger partial charge on any atom is 0.416 e. The maximum atomic E-state index is 13.2. The molecule has 1 aromatic heterocycles. The molecule has 0 radical (unpaired) electrons. The smallest absolute Gasteiger partial charge is 0.376 e. The van der Waals surface area contributed by atoms with E-state index >= 15 is 0 Å². The summed E-state index contributed by atoms with van der Waals surface area (Å²) in [6.45, 7) is 4.19. The van der Waals surface area contributed by atoms with Crippen LogP contribution in [0.2, 0.25) is 0 Å². The Morgan fingerprint density at radius 3 is 2.00 bits per heavy atom. The van der Waals surface area contributed by atoms with E-state index in [1.54, 1.807) is 11.3 Å². The van der Waals surface area contributed by atoms with Crippen molar-refractivity contribution >= 4 is 36.2 Å². The molecule has 2 heterocycles. The minimum absolute atomic E-state index is 0. The van der Waals surface area contributed by atoms with E-state index < -0.39 is 23.5 Å². The molecule has 1 aliphatic heterocycles. The zero-order valence-electron chi connectivity index (χ0n) is 20.4. The molecule has 1 aliphatic rings. The van der Waals surface area contributed by atoms with Gasteiger partial charge in [-0.3, -0.25) is 4.90 Å². The van der Waals surface area contributed by atoms with Crippen LogP contribution in [0.1, 0.15) is 45.0 Å². The summed E-state index contributed by atoms with van der Waals surface area (Å²) >= 11 is 1.66. The number of benzene rings is 2. The van der Waals surface area contributed by atoms with E-state index in [0.29, 0.717) is 0 Å². The standard InChI is InChI=1S/C26H26F6N2OS.2ClH/c1-18-33-14-23(36-18)15-34-9-7-24(8-10-34,20-5-3-2-4-6-20)17-35-16-19-11-21(25(27,28)29)13-22(12-19)26(30,31)32;;/h2-6,11-14H,7-10,15-17H2,1H3;2*1H. The third-order valence-corrected chi connectivity index (χ3v) is 7.44. The predicted octanol–water partition coefficient (Wildman–Crippen LogP) is 8.08. The average molecular weight is 601 g/mol. The highest BCUT2D eigenvalue weighted by Crippen LogP contribution is 2.38. The van der Waals surface area contributed by atoms with Gasteiger partial charge in [-0.05, 0) is 62.2 Å². The number of hydrogen-bond acceptors (Lipinski definition) is 4. The highest BCUT2D eigenvalue weighted by atomic mass is 35.5. The molecule has 12 heteroatoms. The molecule has 0 N–H and O–H groups in total. The number of hydrogen-bond donors (Lipinski definition) is 0. The Labute approximate surface area is 234 Å². The van der Waals surface area contributed by atoms with Crippen molar-refractivity contribution in [3.63, 3.8) is 0 Å². The number of rotatable bonds is 7. The molecule has 2 aromatic carbocycles. The second kappa shape index (κ2) is 13.0. The number of alkyl halides is 6. The Balaban J connectivity index is 0.00000253. The molecule has 1 saturated heterocycles. The van der Waals surface area contributed by atoms with Crippen molar-refractivity contribution in [2.45, 2.75) is 50.7 Å². The first-order valence-corrected chi connectivity index (χ1v) is 12.3. The number of thiazole rings is 1. The fourth-order valence-electron chi connectivity index (χ4n) is 4.61. The van der Waals surface area contributed by atoms with Gasteiger partial charge in [0.2, 0.25) is 0 Å². The van der Waals surface area contributed by atoms with Crippen LogP contribution in [0.15, 0.2) is 54.7 Å². The van der Waals surface area contributed by atoms with Gasteiger partial charge in [-0.2, -0.15) is 26.3 Å². The topological polar surface area (TPSA) is 25.4 Å². The highest BCUT2D eigenvalue weighted by molar-refractivity contribution is 7.11. The van der Waals surface area contributed by atoms with Gasteiger partial charge < -0.3 is 4.74 Å². The Hall–Kier alpha value is -1.85. The average Bonchev–Trinajstić information content (AvgIpc) is 3.24. The Morgan fingerprint density at radius 1 is 0.921 bits per heavy atom. The van der Waals surface area contributed by atoms with Crippen molar-refractivity contribution in [2.75, 3.05) is 19.7 Å². The predicted molar refractivity (Wildman–Crippen MR) is 140 cm³/mol. The summed E-state index contributed by atoms with van der Waals surface area (Å²) in [7, 11) is 0. The van der Waals surface area contributed by atoms with Gasteiger partial charge in [-0.25, -0.2) is 4.98 Å². The summed E-state index contributed by atoms with van der Waals surface area (Å²) in [6, 6.07) is 11.3. The molecular formula is C26H28Cl2F6N2OS. The van der Waals surface area contributed by atoms with E-state index in [9.17, 15) is 26.3 Å². The first kappa shape index (κ1) is 32.4. The van der Waals surface area contributed by atoms with Crippen molar-refractivity contribution in [3.8, 4) is 0 Å². The molecule has 38 heavy (non-hydrogen) atoms. The van der Waals surface area contributed by atoms with Crippen LogP contribution in [0.4, 0.5) is 26.3 Å². The number of nitrogens with zero attached hydrogens (tertiary/aromatic N) is 2. The van der Waals surface area contributed by atoms with Crippen LogP contribution in [-0.4, -0.2) is 29.6 Å². The number of aromatic nitrogens is 1. The molecule has 0 amide bonds. The summed E-state index contributed by atoms with van der Waals surface area (Å²) in [6.07, 6.45) is -6.38. The zero-order chi connectivity index (χ0) is 26.0. The third-order valence-electron chi connectivity index (χ3n) is 6.54. The quantitative estimate of drug-likeness (QED) is 0.256. The number of likely N-dealkylation sites (tertiary alicyclic amines) is 1. The SMILES string of the molecule is Cc1ncc(CN2CCC(COCc3cc(C(F)(F)F)cc(C(F)(F)F)c3)(c3ccccc3)CC2)s1.Cl.Cl. The van der Waals surface area contributed by atoms with Crippen LogP contribution in [-0.2, 0) is 35.7 Å². The lowest BCUT2D eigenvalue weighted by Gasteiger charge is -2.42. The molecule has 0 atom stereocenters. The Kier molecular flexibility index (Phi) is 11.1. The number of aryl methyl sites for hydroxylation is 1. The van der Waals surface area contributed by atoms with Crippen LogP contribution in [0, 0.1) is 6.92 Å². The molecular weight excluding hydrogens is 573 g/mol. The van der Waals surface area contributed by atoms with Crippen LogP contribution >= 0.6 is 36.2 Å². The summed E-state index contributed by atoms with van der Waals surface area (Å²) in [5.41, 5.74) is -2.15. The van der Waals surface area contributed by atoms with Gasteiger partial charge in [0, 0.05) is 23.0 Å². The summed E-state index contributed by atoms with van der Waals surface area (Å²) in [5, 5.41) is 1.01. The first-order valence-electron chi connectivity index (χ1n) is 11.5. The van der Waals surface area contributed by atoms with Crippen molar-refractivity contribution in [1.82, 2.24) is 9.88 Å². The van der Waals surface area contributed by atoms with Gasteiger partial charge >= 0.3 is 12.4 Å². The molecule has 3 nitrogen and oxygen atoms in total. The van der Waals surface area contributed by atoms with Gasteiger partial charge in [0.1, 0.15) is 0 Å². The first-order chi connectivity index (χ1) is 16.9. The largest absolute Gasteiger partial charge is 0.416 e. The third kappa shape index (κ3) is 8.08. The second-order valence-corrected chi connectivity index (χ2v) is 10.5. The second-order valence-electron chi connectivity index (χ2n) is 9.18. The zero-order valence-corrected chi connectivity index (χ0v) is 22.9. The fourth-order valence-corrected chi connectivity index (χ4v) is 5.45. The van der Waals surface area contributed by atoms with Gasteiger partial charge in [0.25, 0.3) is 0 Å². The van der Waals surface area contributed by atoms with Crippen LogP contribution in [0.25, 0.3) is 0 Å². The number of ether oxygens (including phenoxy) is 1. The van der Waals surface area contributed by atoms with E-state index in [1.165, 1.54) is 4.88 Å². The molecule has 0 aliphatic carbocycles. The molecule has 0 spiro atoms. The van der Waals surface area contributed by atoms with Crippen molar-refractivity contribution in [2.24, 2.45) is 0 Å². The molecule has 3 aromatic rings. The number of piperidine rings is 1.